The van der Waals surface area contributed by atoms with Gasteiger partial charge >= 0.3 is 0 Å². The van der Waals surface area contributed by atoms with Crippen LogP contribution < -0.4 is 0 Å². The molecule has 2 amide bonds. The summed E-state index contributed by atoms with van der Waals surface area (Å²) in [5.74, 6) is 0.149. The number of aromatic amines is 1. The van der Waals surface area contributed by atoms with Crippen molar-refractivity contribution in [3.63, 3.8) is 0 Å². The Hall–Kier alpha value is -3.42. The minimum Gasteiger partial charge on any atom is -0.438 e. The number of aryl methyl sites for hydroxylation is 1. The lowest BCUT2D eigenvalue weighted by Gasteiger charge is -2.29. The van der Waals surface area contributed by atoms with E-state index < -0.39 is 0 Å². The first-order valence-electron chi connectivity index (χ1n) is 10.2. The largest absolute Gasteiger partial charge is 0.438 e. The minimum absolute atomic E-state index is 0.0101. The van der Waals surface area contributed by atoms with E-state index in [1.165, 1.54) is 17.5 Å². The van der Waals surface area contributed by atoms with Crippen LogP contribution >= 0.6 is 0 Å². The molecule has 1 saturated heterocycles. The molecule has 1 aromatic carbocycles. The molecule has 154 valence electrons. The molecule has 8 heteroatoms. The smallest absolute Gasteiger partial charge is 0.291 e. The van der Waals surface area contributed by atoms with Crippen molar-refractivity contribution in [2.45, 2.75) is 32.2 Å². The van der Waals surface area contributed by atoms with Gasteiger partial charge in [-0.1, -0.05) is 24.3 Å². The quantitative estimate of drug-likeness (QED) is 0.723. The van der Waals surface area contributed by atoms with E-state index in [2.05, 4.69) is 27.3 Å². The Morgan fingerprint density at radius 2 is 1.97 bits per heavy atom. The van der Waals surface area contributed by atoms with Crippen LogP contribution in [-0.4, -0.2) is 56.4 Å². The Balaban J connectivity index is 1.31. The van der Waals surface area contributed by atoms with Gasteiger partial charge in [0.25, 0.3) is 11.8 Å². The Kier molecular flexibility index (Phi) is 4.61. The maximum atomic E-state index is 13.3. The van der Waals surface area contributed by atoms with Gasteiger partial charge in [0.05, 0.1) is 23.1 Å². The number of rotatable bonds is 3. The summed E-state index contributed by atoms with van der Waals surface area (Å²) in [6, 6.07) is 8.26. The maximum absolute atomic E-state index is 13.3. The van der Waals surface area contributed by atoms with E-state index in [1.54, 1.807) is 18.0 Å². The van der Waals surface area contributed by atoms with Crippen LogP contribution in [0.15, 0.2) is 41.3 Å². The van der Waals surface area contributed by atoms with Gasteiger partial charge in [0.2, 0.25) is 5.76 Å². The fourth-order valence-electron chi connectivity index (χ4n) is 4.45. The maximum Gasteiger partial charge on any atom is 0.291 e. The lowest BCUT2D eigenvalue weighted by atomic mass is 9.97. The zero-order valence-corrected chi connectivity index (χ0v) is 16.8. The molecule has 0 saturated carbocycles. The van der Waals surface area contributed by atoms with Crippen LogP contribution in [0.4, 0.5) is 0 Å². The highest BCUT2D eigenvalue weighted by Crippen LogP contribution is 2.30. The zero-order chi connectivity index (χ0) is 20.7. The van der Waals surface area contributed by atoms with Crippen LogP contribution in [0.2, 0.25) is 0 Å². The second-order valence-electron chi connectivity index (χ2n) is 7.95. The number of nitrogens with zero attached hydrogens (tertiary/aromatic N) is 4. The van der Waals surface area contributed by atoms with Gasteiger partial charge in [-0.15, -0.1) is 0 Å². The number of aromatic nitrogens is 3. The number of carbonyl (C=O) groups is 2. The van der Waals surface area contributed by atoms with Crippen LogP contribution in [0.3, 0.4) is 0 Å². The third kappa shape index (κ3) is 3.18. The predicted octanol–water partition coefficient (Wildman–Crippen LogP) is 2.53. The van der Waals surface area contributed by atoms with Crippen LogP contribution in [-0.2, 0) is 13.0 Å². The number of hydrogen-bond donors (Lipinski definition) is 1. The van der Waals surface area contributed by atoms with E-state index in [1.807, 2.05) is 17.0 Å². The van der Waals surface area contributed by atoms with Gasteiger partial charge < -0.3 is 14.2 Å². The van der Waals surface area contributed by atoms with E-state index in [0.717, 1.165) is 18.5 Å². The fraction of sp³-hybridized carbons (Fsp3) is 0.364. The molecule has 0 unspecified atom stereocenters. The lowest BCUT2D eigenvalue weighted by molar-refractivity contribution is 0.0733. The summed E-state index contributed by atoms with van der Waals surface area (Å²) in [5, 5.41) is 7.18. The monoisotopic (exact) mass is 405 g/mol. The summed E-state index contributed by atoms with van der Waals surface area (Å²) in [7, 11) is 0. The number of hydrogen-bond acceptors (Lipinski definition) is 5. The van der Waals surface area contributed by atoms with Crippen molar-refractivity contribution in [2.24, 2.45) is 0 Å². The first-order chi connectivity index (χ1) is 14.6. The van der Waals surface area contributed by atoms with Gasteiger partial charge in [0, 0.05) is 32.1 Å². The molecule has 1 atom stereocenters. The second-order valence-corrected chi connectivity index (χ2v) is 7.95. The molecule has 2 aromatic heterocycles. The van der Waals surface area contributed by atoms with E-state index in [4.69, 9.17) is 4.42 Å². The average molecular weight is 405 g/mol. The molecular weight excluding hydrogens is 382 g/mol. The molecule has 2 aliphatic rings. The zero-order valence-electron chi connectivity index (χ0n) is 16.8. The van der Waals surface area contributed by atoms with E-state index in [9.17, 15) is 9.59 Å². The van der Waals surface area contributed by atoms with Gasteiger partial charge in [-0.05, 0) is 30.9 Å². The molecule has 5 rings (SSSR count). The molecule has 30 heavy (non-hydrogen) atoms. The van der Waals surface area contributed by atoms with Crippen LogP contribution in [0.25, 0.3) is 0 Å². The SMILES string of the molecule is Cc1ncoc1C(=O)N1CC[C@H](c2[nH]ncc2C(=O)N2CCc3ccccc3C2)C1. The van der Waals surface area contributed by atoms with Crippen molar-refractivity contribution < 1.29 is 14.0 Å². The molecule has 8 nitrogen and oxygen atoms in total. The predicted molar refractivity (Wildman–Crippen MR) is 108 cm³/mol. The number of likely N-dealkylation sites (tertiary alicyclic amines) is 1. The number of benzene rings is 1. The number of fused-ring (bicyclic) bond motifs is 1. The van der Waals surface area contributed by atoms with Crippen LogP contribution in [0, 0.1) is 6.92 Å². The number of amides is 2. The van der Waals surface area contributed by atoms with Crippen molar-refractivity contribution in [1.82, 2.24) is 25.0 Å². The van der Waals surface area contributed by atoms with Gasteiger partial charge in [-0.25, -0.2) is 4.98 Å². The third-order valence-corrected chi connectivity index (χ3v) is 6.14. The van der Waals surface area contributed by atoms with Crippen LogP contribution in [0.5, 0.6) is 0 Å². The normalized spacial score (nSPS) is 18.5. The third-order valence-electron chi connectivity index (χ3n) is 6.14. The molecule has 0 aliphatic carbocycles. The Morgan fingerprint density at radius 3 is 2.77 bits per heavy atom. The Morgan fingerprint density at radius 1 is 1.13 bits per heavy atom. The summed E-state index contributed by atoms with van der Waals surface area (Å²) in [5.41, 5.74) is 4.50. The van der Waals surface area contributed by atoms with Gasteiger partial charge in [-0.3, -0.25) is 14.7 Å². The van der Waals surface area contributed by atoms with E-state index >= 15 is 0 Å². The van der Waals surface area contributed by atoms with Crippen LogP contribution in [0.1, 0.15) is 55.8 Å². The number of carbonyl (C=O) groups excluding carboxylic acids is 2. The summed E-state index contributed by atoms with van der Waals surface area (Å²) >= 11 is 0. The number of oxazole rings is 1. The number of H-pyrrole nitrogens is 1. The summed E-state index contributed by atoms with van der Waals surface area (Å²) < 4.78 is 5.25. The number of nitrogens with one attached hydrogen (secondary N) is 1. The van der Waals surface area contributed by atoms with E-state index in [0.29, 0.717) is 37.4 Å². The summed E-state index contributed by atoms with van der Waals surface area (Å²) in [6.07, 6.45) is 4.53. The van der Waals surface area contributed by atoms with Crippen molar-refractivity contribution >= 4 is 11.8 Å². The van der Waals surface area contributed by atoms with Gasteiger partial charge in [0.15, 0.2) is 6.39 Å². The first kappa shape index (κ1) is 18.6. The molecule has 1 fully saturated rings. The standard InChI is InChI=1S/C22H23N5O3/c1-14-20(30-13-23-14)22(29)27-9-7-17(12-27)19-18(10-24-25-19)21(28)26-8-6-15-4-2-3-5-16(15)11-26/h2-5,10,13,17H,6-9,11-12H2,1H3,(H,24,25)/t17-/m0/s1. The topological polar surface area (TPSA) is 95.3 Å². The molecule has 2 aliphatic heterocycles. The molecule has 0 bridgehead atoms. The van der Waals surface area contributed by atoms with Gasteiger partial charge in [-0.2, -0.15) is 5.10 Å². The molecule has 1 N–H and O–H groups in total. The Bertz CT molecular complexity index is 1100. The molecule has 0 radical (unpaired) electrons. The van der Waals surface area contributed by atoms with Crippen molar-refractivity contribution in [2.75, 3.05) is 19.6 Å². The fourth-order valence-corrected chi connectivity index (χ4v) is 4.45. The molecular formula is C22H23N5O3. The average Bonchev–Trinajstić information content (AvgIpc) is 3.52. The highest BCUT2D eigenvalue weighted by atomic mass is 16.3. The van der Waals surface area contributed by atoms with Crippen molar-refractivity contribution in [3.8, 4) is 0 Å². The van der Waals surface area contributed by atoms with Gasteiger partial charge in [0.1, 0.15) is 0 Å². The summed E-state index contributed by atoms with van der Waals surface area (Å²) in [6.45, 7) is 4.19. The van der Waals surface area contributed by atoms with Crippen molar-refractivity contribution in [3.05, 3.63) is 70.7 Å². The first-order valence-corrected chi connectivity index (χ1v) is 10.2. The highest BCUT2D eigenvalue weighted by molar-refractivity contribution is 5.96. The van der Waals surface area contributed by atoms with E-state index in [-0.39, 0.29) is 23.5 Å². The summed E-state index contributed by atoms with van der Waals surface area (Å²) in [4.78, 5) is 33.6. The minimum atomic E-state index is -0.160. The van der Waals surface area contributed by atoms with Crippen molar-refractivity contribution in [1.29, 1.82) is 0 Å². The second kappa shape index (κ2) is 7.44. The molecule has 4 heterocycles. The Labute approximate surface area is 173 Å². The highest BCUT2D eigenvalue weighted by Gasteiger charge is 2.34. The molecule has 0 spiro atoms. The molecule has 3 aromatic rings. The lowest BCUT2D eigenvalue weighted by Crippen LogP contribution is -2.36.